The van der Waals surface area contributed by atoms with Crippen molar-refractivity contribution in [3.05, 3.63) is 170 Å². The van der Waals surface area contributed by atoms with E-state index in [4.69, 9.17) is 4.98 Å². The third-order valence-corrected chi connectivity index (χ3v) is 8.20. The molecule has 0 radical (unpaired) electrons. The van der Waals surface area contributed by atoms with Gasteiger partial charge in [-0.25, -0.2) is 4.98 Å². The summed E-state index contributed by atoms with van der Waals surface area (Å²) in [4.78, 5) is 7.50. The SMILES string of the molecule is c1ccc(-c2cc(-c3ccc4c(c3)-c3ccccc3-c3ccccc3N4c3ccccc3)cc(-c3ccccc3)n2)cc1. The average Bonchev–Trinajstić information content (AvgIpc) is 3.22. The zero-order valence-corrected chi connectivity index (χ0v) is 23.6. The second-order valence-corrected chi connectivity index (χ2v) is 10.8. The summed E-state index contributed by atoms with van der Waals surface area (Å²) < 4.78 is 0. The van der Waals surface area contributed by atoms with E-state index in [2.05, 4.69) is 163 Å². The van der Waals surface area contributed by atoms with Gasteiger partial charge in [-0.2, -0.15) is 0 Å². The van der Waals surface area contributed by atoms with E-state index in [9.17, 15) is 0 Å². The van der Waals surface area contributed by atoms with Crippen LogP contribution in [0.15, 0.2) is 170 Å². The monoisotopic (exact) mass is 548 g/mol. The summed E-state index contributed by atoms with van der Waals surface area (Å²) in [5, 5.41) is 0. The Kier molecular flexibility index (Phi) is 6.16. The highest BCUT2D eigenvalue weighted by atomic mass is 15.1. The number of pyridine rings is 1. The summed E-state index contributed by atoms with van der Waals surface area (Å²) in [7, 11) is 0. The first-order valence-electron chi connectivity index (χ1n) is 14.6. The van der Waals surface area contributed by atoms with Crippen LogP contribution in [0, 0.1) is 0 Å². The van der Waals surface area contributed by atoms with Crippen LogP contribution >= 0.6 is 0 Å². The predicted octanol–water partition coefficient (Wildman–Crippen LogP) is 11.2. The number of benzene rings is 6. The molecule has 0 saturated carbocycles. The fourth-order valence-corrected chi connectivity index (χ4v) is 6.17. The van der Waals surface area contributed by atoms with Crippen molar-refractivity contribution < 1.29 is 0 Å². The Bertz CT molecular complexity index is 2010. The van der Waals surface area contributed by atoms with Crippen LogP contribution in [-0.2, 0) is 0 Å². The molecule has 1 aliphatic rings. The van der Waals surface area contributed by atoms with Gasteiger partial charge in [0.1, 0.15) is 0 Å². The lowest BCUT2D eigenvalue weighted by Gasteiger charge is -2.27. The number of rotatable bonds is 4. The highest BCUT2D eigenvalue weighted by molar-refractivity contribution is 6.03. The number of nitrogens with zero attached hydrogens (tertiary/aromatic N) is 2. The predicted molar refractivity (Wildman–Crippen MR) is 180 cm³/mol. The summed E-state index contributed by atoms with van der Waals surface area (Å²) in [6.45, 7) is 0. The van der Waals surface area contributed by atoms with Crippen LogP contribution < -0.4 is 4.90 Å². The molecule has 0 spiro atoms. The molecule has 1 aromatic heterocycles. The van der Waals surface area contributed by atoms with Crippen molar-refractivity contribution in [2.45, 2.75) is 0 Å². The molecule has 43 heavy (non-hydrogen) atoms. The normalized spacial score (nSPS) is 11.7. The molecule has 202 valence electrons. The van der Waals surface area contributed by atoms with Crippen molar-refractivity contribution in [2.24, 2.45) is 0 Å². The van der Waals surface area contributed by atoms with Crippen molar-refractivity contribution in [1.82, 2.24) is 4.98 Å². The minimum atomic E-state index is 0.964. The van der Waals surface area contributed by atoms with Gasteiger partial charge in [-0.05, 0) is 64.7 Å². The maximum absolute atomic E-state index is 5.11. The molecule has 0 atom stereocenters. The van der Waals surface area contributed by atoms with Crippen LogP contribution in [0.5, 0.6) is 0 Å². The van der Waals surface area contributed by atoms with Gasteiger partial charge in [0, 0.05) is 27.9 Å². The zero-order valence-electron chi connectivity index (χ0n) is 23.6. The molecule has 0 amide bonds. The third kappa shape index (κ3) is 4.50. The van der Waals surface area contributed by atoms with Crippen molar-refractivity contribution in [3.63, 3.8) is 0 Å². The van der Waals surface area contributed by atoms with Crippen LogP contribution in [0.4, 0.5) is 17.1 Å². The molecular formula is C41H28N2. The molecular weight excluding hydrogens is 520 g/mol. The first-order valence-corrected chi connectivity index (χ1v) is 14.6. The molecule has 0 saturated heterocycles. The summed E-state index contributed by atoms with van der Waals surface area (Å²) in [5.41, 5.74) is 14.8. The second-order valence-electron chi connectivity index (χ2n) is 10.8. The lowest BCUT2D eigenvalue weighted by molar-refractivity contribution is 1.29. The van der Waals surface area contributed by atoms with Crippen molar-refractivity contribution in [3.8, 4) is 55.9 Å². The first kappa shape index (κ1) is 25.0. The van der Waals surface area contributed by atoms with Gasteiger partial charge in [0.25, 0.3) is 0 Å². The quantitative estimate of drug-likeness (QED) is 0.217. The molecule has 6 aromatic carbocycles. The van der Waals surface area contributed by atoms with Gasteiger partial charge in [-0.15, -0.1) is 0 Å². The van der Waals surface area contributed by atoms with Crippen LogP contribution in [-0.4, -0.2) is 4.98 Å². The van der Waals surface area contributed by atoms with E-state index in [0.717, 1.165) is 45.0 Å². The molecule has 2 heterocycles. The summed E-state index contributed by atoms with van der Waals surface area (Å²) in [5.74, 6) is 0. The van der Waals surface area contributed by atoms with Crippen molar-refractivity contribution >= 4 is 17.1 Å². The maximum atomic E-state index is 5.11. The highest BCUT2D eigenvalue weighted by Gasteiger charge is 2.26. The van der Waals surface area contributed by atoms with E-state index in [1.165, 1.54) is 27.9 Å². The molecule has 1 aliphatic heterocycles. The minimum Gasteiger partial charge on any atom is -0.309 e. The van der Waals surface area contributed by atoms with E-state index < -0.39 is 0 Å². The number of fused-ring (bicyclic) bond motifs is 5. The van der Waals surface area contributed by atoms with Gasteiger partial charge in [-0.3, -0.25) is 0 Å². The van der Waals surface area contributed by atoms with Crippen LogP contribution in [0.1, 0.15) is 0 Å². The van der Waals surface area contributed by atoms with E-state index in [0.29, 0.717) is 0 Å². The molecule has 0 aliphatic carbocycles. The Balaban J connectivity index is 1.38. The number of anilines is 3. The first-order chi connectivity index (χ1) is 21.3. The topological polar surface area (TPSA) is 16.1 Å². The Morgan fingerprint density at radius 1 is 0.326 bits per heavy atom. The summed E-state index contributed by atoms with van der Waals surface area (Å²) in [6, 6.07) is 60.4. The average molecular weight is 549 g/mol. The Morgan fingerprint density at radius 2 is 0.814 bits per heavy atom. The fraction of sp³-hybridized carbons (Fsp3) is 0. The van der Waals surface area contributed by atoms with Gasteiger partial charge in [0.05, 0.1) is 22.8 Å². The molecule has 7 aromatic rings. The fourth-order valence-electron chi connectivity index (χ4n) is 6.17. The van der Waals surface area contributed by atoms with Crippen LogP contribution in [0.25, 0.3) is 55.9 Å². The zero-order chi connectivity index (χ0) is 28.6. The molecule has 0 bridgehead atoms. The second kappa shape index (κ2) is 10.6. The van der Waals surface area contributed by atoms with E-state index in [-0.39, 0.29) is 0 Å². The van der Waals surface area contributed by atoms with E-state index >= 15 is 0 Å². The molecule has 2 nitrogen and oxygen atoms in total. The lowest BCUT2D eigenvalue weighted by Crippen LogP contribution is -2.10. The molecule has 0 unspecified atom stereocenters. The van der Waals surface area contributed by atoms with Gasteiger partial charge in [0.2, 0.25) is 0 Å². The van der Waals surface area contributed by atoms with E-state index in [1.54, 1.807) is 0 Å². The van der Waals surface area contributed by atoms with Gasteiger partial charge in [-0.1, -0.05) is 127 Å². The molecule has 2 heteroatoms. The maximum Gasteiger partial charge on any atom is 0.0715 e. The molecule has 0 fully saturated rings. The molecule has 8 rings (SSSR count). The number of hydrogen-bond donors (Lipinski definition) is 0. The van der Waals surface area contributed by atoms with Crippen LogP contribution in [0.3, 0.4) is 0 Å². The van der Waals surface area contributed by atoms with Gasteiger partial charge in [0.15, 0.2) is 0 Å². The lowest BCUT2D eigenvalue weighted by atomic mass is 9.92. The largest absolute Gasteiger partial charge is 0.309 e. The Morgan fingerprint density at radius 3 is 1.44 bits per heavy atom. The van der Waals surface area contributed by atoms with Crippen LogP contribution in [0.2, 0.25) is 0 Å². The Hall–Kier alpha value is -5.73. The number of aromatic nitrogens is 1. The van der Waals surface area contributed by atoms with Gasteiger partial charge < -0.3 is 4.90 Å². The third-order valence-electron chi connectivity index (χ3n) is 8.20. The molecule has 0 N–H and O–H groups in total. The Labute approximate surface area is 252 Å². The summed E-state index contributed by atoms with van der Waals surface area (Å²) >= 11 is 0. The van der Waals surface area contributed by atoms with Crippen molar-refractivity contribution in [1.29, 1.82) is 0 Å². The number of para-hydroxylation sites is 2. The van der Waals surface area contributed by atoms with Crippen molar-refractivity contribution in [2.75, 3.05) is 4.90 Å². The standard InChI is InChI=1S/C41H28N2/c1-4-14-29(15-5-1)38-27-32(28-39(42-38)30-16-6-2-7-17-30)31-24-25-41-37(26-31)35-21-11-10-20-34(35)36-22-12-13-23-40(36)43(41)33-18-8-3-9-19-33/h1-28H. The highest BCUT2D eigenvalue weighted by Crippen LogP contribution is 2.51. The number of hydrogen-bond acceptors (Lipinski definition) is 2. The summed E-state index contributed by atoms with van der Waals surface area (Å²) in [6.07, 6.45) is 0. The smallest absolute Gasteiger partial charge is 0.0715 e. The van der Waals surface area contributed by atoms with Gasteiger partial charge >= 0.3 is 0 Å². The van der Waals surface area contributed by atoms with E-state index in [1.807, 2.05) is 12.1 Å². The minimum absolute atomic E-state index is 0.964.